The Kier molecular flexibility index (Phi) is 8.36. The molecule has 0 aliphatic rings. The second kappa shape index (κ2) is 10.8. The number of ether oxygens (including phenoxy) is 1. The topological polar surface area (TPSA) is 54.1 Å². The molecule has 0 aliphatic heterocycles. The molecule has 0 atom stereocenters. The minimum absolute atomic E-state index is 0.172. The number of H-pyrrole nitrogens is 1. The maximum Gasteiger partial charge on any atom is 0.220 e. The Morgan fingerprint density at radius 1 is 1.12 bits per heavy atom. The van der Waals surface area contributed by atoms with E-state index in [1.807, 2.05) is 24.4 Å². The third-order valence-corrected chi connectivity index (χ3v) is 4.70. The number of rotatable bonds is 12. The van der Waals surface area contributed by atoms with Crippen molar-refractivity contribution in [3.8, 4) is 5.75 Å². The Balaban J connectivity index is 1.64. The van der Waals surface area contributed by atoms with E-state index in [4.69, 9.17) is 4.74 Å². The van der Waals surface area contributed by atoms with Gasteiger partial charge < -0.3 is 15.0 Å². The van der Waals surface area contributed by atoms with E-state index in [0.717, 1.165) is 24.1 Å². The second-order valence-electron chi connectivity index (χ2n) is 6.70. The molecule has 0 bridgehead atoms. The van der Waals surface area contributed by atoms with E-state index in [2.05, 4.69) is 17.2 Å². The third kappa shape index (κ3) is 6.45. The molecule has 0 saturated heterocycles. The molecule has 1 heterocycles. The SMILES string of the molecule is CCCCCCCCCC(=O)NCCc1c[nH]c2ccc(OC)cc12. The molecule has 1 aromatic heterocycles. The summed E-state index contributed by atoms with van der Waals surface area (Å²) in [5, 5.41) is 4.21. The van der Waals surface area contributed by atoms with Crippen LogP contribution in [0.5, 0.6) is 5.75 Å². The summed E-state index contributed by atoms with van der Waals surface area (Å²) in [6.07, 6.45) is 12.2. The molecule has 2 aromatic rings. The molecule has 0 fully saturated rings. The van der Waals surface area contributed by atoms with Gasteiger partial charge in [-0.1, -0.05) is 45.4 Å². The van der Waals surface area contributed by atoms with E-state index >= 15 is 0 Å². The highest BCUT2D eigenvalue weighted by Crippen LogP contribution is 2.23. The molecular weight excluding hydrogens is 312 g/mol. The molecule has 0 saturated carbocycles. The third-order valence-electron chi connectivity index (χ3n) is 4.70. The van der Waals surface area contributed by atoms with Crippen molar-refractivity contribution in [2.75, 3.05) is 13.7 Å². The van der Waals surface area contributed by atoms with Crippen LogP contribution in [0.25, 0.3) is 10.9 Å². The molecule has 0 aliphatic carbocycles. The van der Waals surface area contributed by atoms with Crippen LogP contribution in [0, 0.1) is 0 Å². The first-order valence-electron chi connectivity index (χ1n) is 9.65. The van der Waals surface area contributed by atoms with Gasteiger partial charge >= 0.3 is 0 Å². The first-order valence-corrected chi connectivity index (χ1v) is 9.65. The molecule has 4 nitrogen and oxygen atoms in total. The van der Waals surface area contributed by atoms with Crippen LogP contribution in [0.2, 0.25) is 0 Å². The number of hydrogen-bond acceptors (Lipinski definition) is 2. The van der Waals surface area contributed by atoms with Gasteiger partial charge in [-0.3, -0.25) is 4.79 Å². The Morgan fingerprint density at radius 2 is 1.88 bits per heavy atom. The van der Waals surface area contributed by atoms with Gasteiger partial charge in [0.2, 0.25) is 5.91 Å². The van der Waals surface area contributed by atoms with Gasteiger partial charge in [0.25, 0.3) is 0 Å². The first kappa shape index (κ1) is 19.4. The largest absolute Gasteiger partial charge is 0.497 e. The molecule has 1 amide bonds. The van der Waals surface area contributed by atoms with Crippen LogP contribution in [0.4, 0.5) is 0 Å². The Hall–Kier alpha value is -1.97. The van der Waals surface area contributed by atoms with Crippen molar-refractivity contribution in [1.29, 1.82) is 0 Å². The average Bonchev–Trinajstić information content (AvgIpc) is 3.03. The van der Waals surface area contributed by atoms with Crippen LogP contribution >= 0.6 is 0 Å². The minimum atomic E-state index is 0.172. The van der Waals surface area contributed by atoms with Gasteiger partial charge in [0.1, 0.15) is 5.75 Å². The highest BCUT2D eigenvalue weighted by atomic mass is 16.5. The summed E-state index contributed by atoms with van der Waals surface area (Å²) in [5.41, 5.74) is 2.32. The molecule has 4 heteroatoms. The number of aromatic amines is 1. The summed E-state index contributed by atoms with van der Waals surface area (Å²) in [6, 6.07) is 6.02. The number of amides is 1. The molecule has 2 rings (SSSR count). The number of benzene rings is 1. The zero-order valence-corrected chi connectivity index (χ0v) is 15.7. The molecule has 138 valence electrons. The van der Waals surface area contributed by atoms with Crippen molar-refractivity contribution in [3.63, 3.8) is 0 Å². The van der Waals surface area contributed by atoms with Gasteiger partial charge in [0, 0.05) is 30.1 Å². The highest BCUT2D eigenvalue weighted by Gasteiger charge is 2.06. The Bertz CT molecular complexity index is 648. The van der Waals surface area contributed by atoms with Gasteiger partial charge in [0.15, 0.2) is 0 Å². The Labute approximate surface area is 151 Å². The van der Waals surface area contributed by atoms with Crippen LogP contribution in [0.15, 0.2) is 24.4 Å². The predicted octanol–water partition coefficient (Wildman–Crippen LogP) is 4.98. The lowest BCUT2D eigenvalue weighted by Crippen LogP contribution is -2.25. The molecule has 2 N–H and O–H groups in total. The molecule has 0 unspecified atom stereocenters. The predicted molar refractivity (Wildman–Crippen MR) is 104 cm³/mol. The number of methoxy groups -OCH3 is 1. The van der Waals surface area contributed by atoms with E-state index in [1.54, 1.807) is 7.11 Å². The number of aromatic nitrogens is 1. The van der Waals surface area contributed by atoms with Crippen LogP contribution < -0.4 is 10.1 Å². The van der Waals surface area contributed by atoms with Gasteiger partial charge in [-0.05, 0) is 36.6 Å². The van der Waals surface area contributed by atoms with Crippen LogP contribution in [0.1, 0.15) is 63.9 Å². The van der Waals surface area contributed by atoms with Crippen LogP contribution in [0.3, 0.4) is 0 Å². The average molecular weight is 344 g/mol. The fourth-order valence-corrected chi connectivity index (χ4v) is 3.16. The molecule has 0 radical (unpaired) electrons. The van der Waals surface area contributed by atoms with Gasteiger partial charge in [-0.15, -0.1) is 0 Å². The molecule has 1 aromatic carbocycles. The smallest absolute Gasteiger partial charge is 0.220 e. The van der Waals surface area contributed by atoms with Crippen molar-refractivity contribution in [1.82, 2.24) is 10.3 Å². The van der Waals surface area contributed by atoms with Crippen LogP contribution in [-0.4, -0.2) is 24.5 Å². The van der Waals surface area contributed by atoms with Crippen molar-refractivity contribution < 1.29 is 9.53 Å². The monoisotopic (exact) mass is 344 g/mol. The van der Waals surface area contributed by atoms with Crippen molar-refractivity contribution in [2.24, 2.45) is 0 Å². The number of unbranched alkanes of at least 4 members (excludes halogenated alkanes) is 6. The summed E-state index contributed by atoms with van der Waals surface area (Å²) in [6.45, 7) is 2.91. The fraction of sp³-hybridized carbons (Fsp3) is 0.571. The van der Waals surface area contributed by atoms with Crippen LogP contribution in [-0.2, 0) is 11.2 Å². The number of nitrogens with one attached hydrogen (secondary N) is 2. The van der Waals surface area contributed by atoms with Crippen molar-refractivity contribution in [2.45, 2.75) is 64.7 Å². The van der Waals surface area contributed by atoms with E-state index < -0.39 is 0 Å². The lowest BCUT2D eigenvalue weighted by molar-refractivity contribution is -0.121. The molecular formula is C21H32N2O2. The van der Waals surface area contributed by atoms with Crippen molar-refractivity contribution in [3.05, 3.63) is 30.0 Å². The van der Waals surface area contributed by atoms with Gasteiger partial charge in [-0.25, -0.2) is 0 Å². The quantitative estimate of drug-likeness (QED) is 0.534. The van der Waals surface area contributed by atoms with Gasteiger partial charge in [0.05, 0.1) is 7.11 Å². The first-order chi connectivity index (χ1) is 12.2. The summed E-state index contributed by atoms with van der Waals surface area (Å²) in [5.74, 6) is 1.03. The fourth-order valence-electron chi connectivity index (χ4n) is 3.16. The van der Waals surface area contributed by atoms with E-state index in [1.165, 1.54) is 49.5 Å². The van der Waals surface area contributed by atoms with E-state index in [-0.39, 0.29) is 5.91 Å². The minimum Gasteiger partial charge on any atom is -0.497 e. The number of carbonyl (C=O) groups is 1. The zero-order chi connectivity index (χ0) is 17.9. The maximum atomic E-state index is 11.9. The van der Waals surface area contributed by atoms with Gasteiger partial charge in [-0.2, -0.15) is 0 Å². The van der Waals surface area contributed by atoms with E-state index in [0.29, 0.717) is 13.0 Å². The lowest BCUT2D eigenvalue weighted by Gasteiger charge is -2.06. The Morgan fingerprint density at radius 3 is 2.64 bits per heavy atom. The van der Waals surface area contributed by atoms with E-state index in [9.17, 15) is 4.79 Å². The van der Waals surface area contributed by atoms with Crippen molar-refractivity contribution >= 4 is 16.8 Å². The number of hydrogen-bond donors (Lipinski definition) is 2. The number of carbonyl (C=O) groups excluding carboxylic acids is 1. The summed E-state index contributed by atoms with van der Waals surface area (Å²) < 4.78 is 5.29. The highest BCUT2D eigenvalue weighted by molar-refractivity contribution is 5.84. The summed E-state index contributed by atoms with van der Waals surface area (Å²) >= 11 is 0. The molecule has 0 spiro atoms. The summed E-state index contributed by atoms with van der Waals surface area (Å²) in [7, 11) is 1.68. The standard InChI is InChI=1S/C21H32N2O2/c1-3-4-5-6-7-8-9-10-21(24)22-14-13-17-16-23-20-12-11-18(25-2)15-19(17)20/h11-12,15-16,23H,3-10,13-14H2,1-2H3,(H,22,24). The lowest BCUT2D eigenvalue weighted by atomic mass is 10.1. The normalized spacial score (nSPS) is 11.0. The zero-order valence-electron chi connectivity index (χ0n) is 15.7. The number of fused-ring (bicyclic) bond motifs is 1. The second-order valence-corrected chi connectivity index (χ2v) is 6.70. The maximum absolute atomic E-state index is 11.9. The molecule has 25 heavy (non-hydrogen) atoms. The summed E-state index contributed by atoms with van der Waals surface area (Å²) in [4.78, 5) is 15.2.